The number of aromatic nitrogens is 3. The molecule has 5 heteroatoms. The van der Waals surface area contributed by atoms with Crippen LogP contribution in [0.2, 0.25) is 0 Å². The van der Waals surface area contributed by atoms with Gasteiger partial charge in [-0.1, -0.05) is 18.2 Å². The first-order valence-corrected chi connectivity index (χ1v) is 8.33. The summed E-state index contributed by atoms with van der Waals surface area (Å²) in [4.78, 5) is 13.6. The lowest BCUT2D eigenvalue weighted by Crippen LogP contribution is -2.01. The van der Waals surface area contributed by atoms with Crippen molar-refractivity contribution in [1.82, 2.24) is 15.0 Å². The zero-order valence-corrected chi connectivity index (χ0v) is 14.5. The van der Waals surface area contributed by atoms with Gasteiger partial charge in [0, 0.05) is 30.4 Å². The van der Waals surface area contributed by atoms with Gasteiger partial charge in [0.25, 0.3) is 0 Å². The fraction of sp³-hybridized carbons (Fsp3) is 0.0952. The summed E-state index contributed by atoms with van der Waals surface area (Å²) in [6.07, 6.45) is 3.46. The van der Waals surface area contributed by atoms with E-state index in [1.165, 1.54) is 12.1 Å². The third kappa shape index (κ3) is 2.77. The maximum absolute atomic E-state index is 13.7. The van der Waals surface area contributed by atoms with Gasteiger partial charge in [0.05, 0.1) is 5.52 Å². The highest BCUT2D eigenvalue weighted by Gasteiger charge is 2.14. The second-order valence-corrected chi connectivity index (χ2v) is 6.03. The number of halogens is 1. The van der Waals surface area contributed by atoms with Crippen LogP contribution in [0.25, 0.3) is 33.4 Å². The maximum atomic E-state index is 13.7. The molecule has 0 unspecified atom stereocenters. The molecule has 2 aromatic carbocycles. The molecule has 4 nitrogen and oxygen atoms in total. The van der Waals surface area contributed by atoms with Crippen LogP contribution in [0.3, 0.4) is 0 Å². The number of pyridine rings is 1. The first-order chi connectivity index (χ1) is 12.7. The van der Waals surface area contributed by atoms with Gasteiger partial charge in [-0.05, 0) is 53.9 Å². The summed E-state index contributed by atoms with van der Waals surface area (Å²) < 4.78 is 13.7. The van der Waals surface area contributed by atoms with Gasteiger partial charge in [-0.2, -0.15) is 0 Å². The highest BCUT2D eigenvalue weighted by molar-refractivity contribution is 5.96. The van der Waals surface area contributed by atoms with Crippen molar-refractivity contribution >= 4 is 16.7 Å². The van der Waals surface area contributed by atoms with Gasteiger partial charge in [0.15, 0.2) is 5.82 Å². The topological polar surface area (TPSA) is 50.7 Å². The van der Waals surface area contributed by atoms with Gasteiger partial charge in [-0.15, -0.1) is 0 Å². The predicted molar refractivity (Wildman–Crippen MR) is 102 cm³/mol. The lowest BCUT2D eigenvalue weighted by molar-refractivity contribution is 0.628. The SMILES string of the molecule is CNc1nc(-c2cccnc2)nc2c(C)c(-c3cccc(F)c3)ccc12. The fourth-order valence-electron chi connectivity index (χ4n) is 3.12. The molecule has 0 bridgehead atoms. The van der Waals surface area contributed by atoms with Gasteiger partial charge in [-0.25, -0.2) is 14.4 Å². The van der Waals surface area contributed by atoms with Crippen molar-refractivity contribution in [1.29, 1.82) is 0 Å². The van der Waals surface area contributed by atoms with E-state index < -0.39 is 0 Å². The normalized spacial score (nSPS) is 10.9. The largest absolute Gasteiger partial charge is 0.373 e. The number of hydrogen-bond donors (Lipinski definition) is 1. The second-order valence-electron chi connectivity index (χ2n) is 6.03. The number of hydrogen-bond acceptors (Lipinski definition) is 4. The summed E-state index contributed by atoms with van der Waals surface area (Å²) in [5.41, 5.74) is 4.45. The maximum Gasteiger partial charge on any atom is 0.163 e. The molecule has 4 aromatic rings. The molecule has 0 fully saturated rings. The fourth-order valence-corrected chi connectivity index (χ4v) is 3.12. The molecule has 0 aliphatic rings. The van der Waals surface area contributed by atoms with Crippen molar-refractivity contribution in [3.63, 3.8) is 0 Å². The first-order valence-electron chi connectivity index (χ1n) is 8.33. The summed E-state index contributed by atoms with van der Waals surface area (Å²) in [6, 6.07) is 14.4. The number of anilines is 1. The summed E-state index contributed by atoms with van der Waals surface area (Å²) in [5.74, 6) is 1.11. The Morgan fingerprint density at radius 2 is 1.81 bits per heavy atom. The molecule has 0 aliphatic carbocycles. The summed E-state index contributed by atoms with van der Waals surface area (Å²) >= 11 is 0. The molecule has 0 amide bonds. The average molecular weight is 344 g/mol. The van der Waals surface area contributed by atoms with E-state index in [4.69, 9.17) is 4.98 Å². The Kier molecular flexibility index (Phi) is 4.05. The van der Waals surface area contributed by atoms with Gasteiger partial charge < -0.3 is 5.32 Å². The molecule has 2 heterocycles. The molecule has 128 valence electrons. The Morgan fingerprint density at radius 1 is 0.962 bits per heavy atom. The van der Waals surface area contributed by atoms with Crippen molar-refractivity contribution in [2.24, 2.45) is 0 Å². The van der Waals surface area contributed by atoms with Crippen LogP contribution in [-0.4, -0.2) is 22.0 Å². The number of rotatable bonds is 3. The van der Waals surface area contributed by atoms with Crippen LogP contribution in [0.1, 0.15) is 5.56 Å². The summed E-state index contributed by atoms with van der Waals surface area (Å²) in [6.45, 7) is 2.00. The summed E-state index contributed by atoms with van der Waals surface area (Å²) in [5, 5.41) is 4.07. The van der Waals surface area contributed by atoms with Crippen LogP contribution in [-0.2, 0) is 0 Å². The second kappa shape index (κ2) is 6.52. The van der Waals surface area contributed by atoms with Crippen molar-refractivity contribution in [3.8, 4) is 22.5 Å². The Balaban J connectivity index is 1.98. The van der Waals surface area contributed by atoms with Crippen LogP contribution in [0.15, 0.2) is 60.9 Å². The number of benzene rings is 2. The zero-order valence-electron chi connectivity index (χ0n) is 14.5. The van der Waals surface area contributed by atoms with Crippen molar-refractivity contribution in [2.75, 3.05) is 12.4 Å². The Hall–Kier alpha value is -3.34. The minimum absolute atomic E-state index is 0.253. The molecule has 0 spiro atoms. The van der Waals surface area contributed by atoms with Crippen LogP contribution >= 0.6 is 0 Å². The Labute approximate surface area is 150 Å². The van der Waals surface area contributed by atoms with Crippen molar-refractivity contribution in [2.45, 2.75) is 6.92 Å². The van der Waals surface area contributed by atoms with E-state index in [1.807, 2.05) is 44.3 Å². The molecule has 1 N–H and O–H groups in total. The van der Waals surface area contributed by atoms with E-state index >= 15 is 0 Å². The zero-order chi connectivity index (χ0) is 18.1. The molecule has 0 aliphatic heterocycles. The molecule has 0 saturated heterocycles. The predicted octanol–water partition coefficient (Wildman–Crippen LogP) is 4.85. The summed E-state index contributed by atoms with van der Waals surface area (Å²) in [7, 11) is 1.84. The average Bonchev–Trinajstić information content (AvgIpc) is 2.68. The third-order valence-corrected chi connectivity index (χ3v) is 4.41. The quantitative estimate of drug-likeness (QED) is 0.577. The van der Waals surface area contributed by atoms with Crippen LogP contribution in [0.4, 0.5) is 10.2 Å². The minimum atomic E-state index is -0.253. The van der Waals surface area contributed by atoms with E-state index in [1.54, 1.807) is 18.5 Å². The van der Waals surface area contributed by atoms with Crippen molar-refractivity contribution in [3.05, 3.63) is 72.3 Å². The number of nitrogens with zero attached hydrogens (tertiary/aromatic N) is 3. The highest BCUT2D eigenvalue weighted by atomic mass is 19.1. The van der Waals surface area contributed by atoms with Gasteiger partial charge in [-0.3, -0.25) is 4.98 Å². The highest BCUT2D eigenvalue weighted by Crippen LogP contribution is 2.33. The molecule has 0 radical (unpaired) electrons. The van der Waals surface area contributed by atoms with Crippen LogP contribution in [0, 0.1) is 12.7 Å². The van der Waals surface area contributed by atoms with Gasteiger partial charge in [0.2, 0.25) is 0 Å². The molecule has 0 atom stereocenters. The molecular formula is C21H17FN4. The molecule has 26 heavy (non-hydrogen) atoms. The monoisotopic (exact) mass is 344 g/mol. The van der Waals surface area contributed by atoms with Crippen molar-refractivity contribution < 1.29 is 4.39 Å². The first kappa shape index (κ1) is 16.1. The molecule has 4 rings (SSSR count). The van der Waals surface area contributed by atoms with Gasteiger partial charge >= 0.3 is 0 Å². The number of nitrogens with one attached hydrogen (secondary N) is 1. The number of aryl methyl sites for hydroxylation is 1. The molecular weight excluding hydrogens is 327 g/mol. The lowest BCUT2D eigenvalue weighted by atomic mass is 9.97. The lowest BCUT2D eigenvalue weighted by Gasteiger charge is -2.13. The Morgan fingerprint density at radius 3 is 2.54 bits per heavy atom. The van der Waals surface area contributed by atoms with Crippen LogP contribution < -0.4 is 5.32 Å². The van der Waals surface area contributed by atoms with E-state index in [0.717, 1.165) is 39.0 Å². The Bertz CT molecular complexity index is 1090. The van der Waals surface area contributed by atoms with E-state index in [-0.39, 0.29) is 5.82 Å². The smallest absolute Gasteiger partial charge is 0.163 e. The minimum Gasteiger partial charge on any atom is -0.373 e. The van der Waals surface area contributed by atoms with Crippen LogP contribution in [0.5, 0.6) is 0 Å². The molecule has 2 aromatic heterocycles. The molecule has 0 saturated carbocycles. The van der Waals surface area contributed by atoms with E-state index in [0.29, 0.717) is 5.82 Å². The standard InChI is InChI=1S/C21H17FN4/c1-13-17(14-5-3-7-16(22)11-14)8-9-18-19(13)25-20(26-21(18)23-2)15-6-4-10-24-12-15/h3-12H,1-2H3,(H,23,25,26). The van der Waals surface area contributed by atoms with E-state index in [9.17, 15) is 4.39 Å². The number of fused-ring (bicyclic) bond motifs is 1. The van der Waals surface area contributed by atoms with E-state index in [2.05, 4.69) is 15.3 Å². The third-order valence-electron chi connectivity index (χ3n) is 4.41. The van der Waals surface area contributed by atoms with Gasteiger partial charge in [0.1, 0.15) is 11.6 Å².